The molecule has 1 heterocycles. The highest BCUT2D eigenvalue weighted by Gasteiger charge is 2.24. The maximum Gasteiger partial charge on any atom is 0.267 e. The van der Waals surface area contributed by atoms with Gasteiger partial charge in [0.25, 0.3) is 11.5 Å². The summed E-state index contributed by atoms with van der Waals surface area (Å²) in [5.41, 5.74) is 6.38. The van der Waals surface area contributed by atoms with Crippen LogP contribution in [0.5, 0.6) is 0 Å². The Bertz CT molecular complexity index is 918. The van der Waals surface area contributed by atoms with Crippen LogP contribution >= 0.6 is 11.6 Å². The average Bonchev–Trinajstić information content (AvgIpc) is 2.93. The van der Waals surface area contributed by atoms with E-state index < -0.39 is 18.2 Å². The van der Waals surface area contributed by atoms with E-state index in [1.807, 2.05) is 0 Å². The van der Waals surface area contributed by atoms with Gasteiger partial charge in [-0.2, -0.15) is 0 Å². The van der Waals surface area contributed by atoms with Gasteiger partial charge in [0.1, 0.15) is 6.23 Å². The molecule has 2 unspecified atom stereocenters. The Balaban J connectivity index is 1.77. The van der Waals surface area contributed by atoms with E-state index in [-0.39, 0.29) is 35.2 Å². The molecule has 30 heavy (non-hydrogen) atoms. The van der Waals surface area contributed by atoms with Crippen molar-refractivity contribution in [1.29, 1.82) is 0 Å². The number of nitrogens with one attached hydrogen (secondary N) is 2. The minimum Gasteiger partial charge on any atom is -0.390 e. The van der Waals surface area contributed by atoms with Crippen LogP contribution in [0.1, 0.15) is 48.9 Å². The molecule has 8 nitrogen and oxygen atoms in total. The number of aromatic nitrogens is 2. The first-order valence-corrected chi connectivity index (χ1v) is 10.7. The summed E-state index contributed by atoms with van der Waals surface area (Å²) in [7, 11) is 0. The van der Waals surface area contributed by atoms with Crippen molar-refractivity contribution >= 4 is 17.5 Å². The van der Waals surface area contributed by atoms with Crippen LogP contribution < -0.4 is 16.6 Å². The highest BCUT2D eigenvalue weighted by atomic mass is 35.5. The molecule has 6 N–H and O–H groups in total. The number of H-pyrrole nitrogens is 1. The van der Waals surface area contributed by atoms with Gasteiger partial charge in [-0.1, -0.05) is 43.4 Å². The van der Waals surface area contributed by atoms with Crippen LogP contribution in [-0.2, 0) is 6.54 Å². The average molecular weight is 437 g/mol. The molecule has 1 fully saturated rings. The first-order valence-electron chi connectivity index (χ1n) is 10.4. The Hall–Kier alpha value is -2.13. The number of carbonyl (C=O) groups is 1. The van der Waals surface area contributed by atoms with Gasteiger partial charge in [0.05, 0.1) is 28.9 Å². The molecule has 1 aliphatic rings. The Labute approximate surface area is 180 Å². The molecule has 0 spiro atoms. The zero-order chi connectivity index (χ0) is 21.7. The molecule has 9 heteroatoms. The van der Waals surface area contributed by atoms with Crippen molar-refractivity contribution in [1.82, 2.24) is 15.1 Å². The van der Waals surface area contributed by atoms with E-state index in [1.165, 1.54) is 10.7 Å². The molecule has 0 aliphatic heterocycles. The zero-order valence-electron chi connectivity index (χ0n) is 16.8. The van der Waals surface area contributed by atoms with Gasteiger partial charge in [0.2, 0.25) is 0 Å². The van der Waals surface area contributed by atoms with Crippen molar-refractivity contribution in [2.24, 2.45) is 11.7 Å². The number of nitrogens with zero attached hydrogens (tertiary/aromatic N) is 1. The van der Waals surface area contributed by atoms with E-state index >= 15 is 0 Å². The summed E-state index contributed by atoms with van der Waals surface area (Å²) in [6, 6.07) is 6.23. The number of aliphatic hydroxyl groups excluding tert-OH is 2. The third-order valence-electron chi connectivity index (χ3n) is 5.60. The number of hydrogen-bond donors (Lipinski definition) is 5. The Morgan fingerprint density at radius 2 is 1.93 bits per heavy atom. The van der Waals surface area contributed by atoms with Gasteiger partial charge in [0.15, 0.2) is 0 Å². The second-order valence-corrected chi connectivity index (χ2v) is 8.28. The number of hydrogen-bond acceptors (Lipinski definition) is 5. The first-order chi connectivity index (χ1) is 14.4. The van der Waals surface area contributed by atoms with E-state index in [2.05, 4.69) is 10.4 Å². The lowest BCUT2D eigenvalue weighted by atomic mass is 9.98. The van der Waals surface area contributed by atoms with Gasteiger partial charge in [-0.05, 0) is 25.0 Å². The van der Waals surface area contributed by atoms with Crippen molar-refractivity contribution in [2.75, 3.05) is 6.54 Å². The number of rotatable bonds is 7. The summed E-state index contributed by atoms with van der Waals surface area (Å²) < 4.78 is 1.26. The lowest BCUT2D eigenvalue weighted by Gasteiger charge is -2.22. The lowest BCUT2D eigenvalue weighted by Crippen LogP contribution is -2.40. The second-order valence-electron chi connectivity index (χ2n) is 7.87. The molecule has 1 saturated carbocycles. The van der Waals surface area contributed by atoms with E-state index in [0.29, 0.717) is 11.3 Å². The van der Waals surface area contributed by atoms with E-state index in [4.69, 9.17) is 17.3 Å². The maximum absolute atomic E-state index is 12.8. The maximum atomic E-state index is 12.8. The molecule has 164 valence electrons. The van der Waals surface area contributed by atoms with Crippen molar-refractivity contribution < 1.29 is 15.0 Å². The predicted molar refractivity (Wildman–Crippen MR) is 115 cm³/mol. The summed E-state index contributed by atoms with van der Waals surface area (Å²) in [5, 5.41) is 26.0. The lowest BCUT2D eigenvalue weighted by molar-refractivity contribution is 0.0532. The number of nitrogens with two attached hydrogens (primary N) is 1. The van der Waals surface area contributed by atoms with Gasteiger partial charge >= 0.3 is 0 Å². The molecule has 2 aromatic rings. The molecule has 1 aromatic carbocycles. The van der Waals surface area contributed by atoms with Crippen molar-refractivity contribution in [3.8, 4) is 11.3 Å². The van der Waals surface area contributed by atoms with E-state index in [9.17, 15) is 19.8 Å². The second kappa shape index (κ2) is 10.3. The van der Waals surface area contributed by atoms with Crippen LogP contribution in [0.25, 0.3) is 11.3 Å². The summed E-state index contributed by atoms with van der Waals surface area (Å²) in [6.45, 7) is 0.0826. The molecule has 0 bridgehead atoms. The SMILES string of the molecule is NCC(O)Cn1[nH]c(-c2ccc(Cl)c(C(=O)NC(O)C3CCCCCC3)c2)cc1=O. The van der Waals surface area contributed by atoms with Gasteiger partial charge in [-0.25, -0.2) is 0 Å². The Morgan fingerprint density at radius 3 is 2.60 bits per heavy atom. The number of aliphatic hydroxyl groups is 2. The summed E-state index contributed by atoms with van der Waals surface area (Å²) >= 11 is 6.23. The van der Waals surface area contributed by atoms with E-state index in [1.54, 1.807) is 18.2 Å². The van der Waals surface area contributed by atoms with Crippen molar-refractivity contribution in [3.05, 3.63) is 45.2 Å². The highest BCUT2D eigenvalue weighted by Crippen LogP contribution is 2.26. The quantitative estimate of drug-likeness (QED) is 0.333. The largest absolute Gasteiger partial charge is 0.390 e. The van der Waals surface area contributed by atoms with Crippen molar-refractivity contribution in [2.45, 2.75) is 57.4 Å². The van der Waals surface area contributed by atoms with Gasteiger partial charge in [-0.3, -0.25) is 19.4 Å². The van der Waals surface area contributed by atoms with Crippen LogP contribution in [-0.4, -0.2) is 44.8 Å². The molecule has 0 saturated heterocycles. The van der Waals surface area contributed by atoms with Crippen LogP contribution in [0.15, 0.2) is 29.1 Å². The van der Waals surface area contributed by atoms with Crippen LogP contribution in [0.3, 0.4) is 0 Å². The Morgan fingerprint density at radius 1 is 1.23 bits per heavy atom. The fourth-order valence-electron chi connectivity index (χ4n) is 3.83. The number of aromatic amines is 1. The van der Waals surface area contributed by atoms with Crippen LogP contribution in [0.4, 0.5) is 0 Å². The molecule has 1 amide bonds. The van der Waals surface area contributed by atoms with Crippen LogP contribution in [0.2, 0.25) is 5.02 Å². The highest BCUT2D eigenvalue weighted by molar-refractivity contribution is 6.34. The third-order valence-corrected chi connectivity index (χ3v) is 5.93. The van der Waals surface area contributed by atoms with Crippen molar-refractivity contribution in [3.63, 3.8) is 0 Å². The molecule has 1 aliphatic carbocycles. The van der Waals surface area contributed by atoms with Gasteiger partial charge < -0.3 is 21.3 Å². The van der Waals surface area contributed by atoms with Gasteiger partial charge in [0, 0.05) is 24.1 Å². The standard InChI is InChI=1S/C21H29ClN4O4/c22-17-8-7-14(18-10-19(28)26(25-18)12-15(27)11-23)9-16(17)21(30)24-20(29)13-5-3-1-2-4-6-13/h7-10,13,15,20,25,27,29H,1-6,11-12,23H2,(H,24,30). The van der Waals surface area contributed by atoms with Crippen LogP contribution in [0, 0.1) is 5.92 Å². The minimum absolute atomic E-state index is 0.0371. The topological polar surface area (TPSA) is 133 Å². The molecule has 1 aromatic heterocycles. The fourth-order valence-corrected chi connectivity index (χ4v) is 4.03. The zero-order valence-corrected chi connectivity index (χ0v) is 17.6. The fraction of sp³-hybridized carbons (Fsp3) is 0.524. The first kappa shape index (κ1) is 22.6. The normalized spacial score (nSPS) is 17.3. The molecular weight excluding hydrogens is 408 g/mol. The number of benzene rings is 1. The monoisotopic (exact) mass is 436 g/mol. The summed E-state index contributed by atoms with van der Waals surface area (Å²) in [6.07, 6.45) is 4.43. The minimum atomic E-state index is -0.922. The molecular formula is C21H29ClN4O4. The predicted octanol–water partition coefficient (Wildman–Crippen LogP) is 1.83. The summed E-state index contributed by atoms with van der Waals surface area (Å²) in [5.74, 6) is -0.420. The number of halogens is 1. The van der Waals surface area contributed by atoms with Gasteiger partial charge in [-0.15, -0.1) is 0 Å². The molecule has 0 radical (unpaired) electrons. The smallest absolute Gasteiger partial charge is 0.267 e. The summed E-state index contributed by atoms with van der Waals surface area (Å²) in [4.78, 5) is 24.9. The molecule has 3 rings (SSSR count). The molecule has 2 atom stereocenters. The third kappa shape index (κ3) is 5.51. The number of carbonyl (C=O) groups excluding carboxylic acids is 1. The number of amides is 1. The van der Waals surface area contributed by atoms with E-state index in [0.717, 1.165) is 38.5 Å². The Kier molecular flexibility index (Phi) is 7.71.